The highest BCUT2D eigenvalue weighted by Crippen LogP contribution is 2.43. The normalized spacial score (nSPS) is 12.4. The maximum atomic E-state index is 2.39. The molecule has 0 bridgehead atoms. The van der Waals surface area contributed by atoms with Crippen LogP contribution in [-0.4, -0.2) is 0 Å². The van der Waals surface area contributed by atoms with Crippen molar-refractivity contribution in [1.29, 1.82) is 0 Å². The molecular formula is C26H38. The van der Waals surface area contributed by atoms with Crippen LogP contribution in [-0.2, 0) is 23.7 Å². The van der Waals surface area contributed by atoms with E-state index in [1.807, 2.05) is 0 Å². The fraction of sp³-hybridized carbons (Fsp3) is 0.538. The fourth-order valence-corrected chi connectivity index (χ4v) is 3.66. The summed E-state index contributed by atoms with van der Waals surface area (Å²) in [6, 6.07) is 18.7. The van der Waals surface area contributed by atoms with E-state index in [-0.39, 0.29) is 10.8 Å². The van der Waals surface area contributed by atoms with Crippen molar-refractivity contribution in [2.24, 2.45) is 0 Å². The van der Waals surface area contributed by atoms with Crippen molar-refractivity contribution >= 4 is 0 Å². The van der Waals surface area contributed by atoms with Crippen molar-refractivity contribution in [2.45, 2.75) is 90.9 Å². The Kier molecular flexibility index (Phi) is 7.09. The molecule has 0 spiro atoms. The van der Waals surface area contributed by atoms with Gasteiger partial charge in [0.1, 0.15) is 0 Å². The number of unbranched alkanes of at least 4 members (excludes halogenated alkanes) is 2. The zero-order chi connectivity index (χ0) is 19.2. The van der Waals surface area contributed by atoms with Crippen LogP contribution in [0, 0.1) is 0 Å². The molecule has 0 nitrogen and oxygen atoms in total. The predicted octanol–water partition coefficient (Wildman–Crippen LogP) is 7.63. The highest BCUT2D eigenvalue weighted by Gasteiger charge is 2.39. The van der Waals surface area contributed by atoms with Gasteiger partial charge in [-0.3, -0.25) is 0 Å². The quantitative estimate of drug-likeness (QED) is 0.436. The molecule has 0 radical (unpaired) electrons. The van der Waals surface area contributed by atoms with Gasteiger partial charge >= 0.3 is 0 Å². The molecule has 0 aliphatic heterocycles. The third-order valence-electron chi connectivity index (χ3n) is 6.55. The van der Waals surface area contributed by atoms with Gasteiger partial charge in [0, 0.05) is 0 Å². The summed E-state index contributed by atoms with van der Waals surface area (Å²) in [6.07, 6.45) is 7.46. The summed E-state index contributed by atoms with van der Waals surface area (Å²) in [7, 11) is 0. The Morgan fingerprint density at radius 1 is 0.538 bits per heavy atom. The van der Waals surface area contributed by atoms with Crippen LogP contribution in [0.5, 0.6) is 0 Å². The van der Waals surface area contributed by atoms with E-state index in [9.17, 15) is 0 Å². The Morgan fingerprint density at radius 3 is 1.12 bits per heavy atom. The first kappa shape index (κ1) is 20.7. The summed E-state index contributed by atoms with van der Waals surface area (Å²) in [5, 5.41) is 0. The molecule has 0 atom stereocenters. The molecule has 0 saturated carbocycles. The lowest BCUT2D eigenvalue weighted by molar-refractivity contribution is 0.303. The van der Waals surface area contributed by atoms with Crippen molar-refractivity contribution in [3.8, 4) is 0 Å². The van der Waals surface area contributed by atoms with Crippen molar-refractivity contribution in [2.75, 3.05) is 0 Å². The van der Waals surface area contributed by atoms with Gasteiger partial charge in [0.15, 0.2) is 0 Å². The van der Waals surface area contributed by atoms with E-state index in [0.29, 0.717) is 0 Å². The minimum absolute atomic E-state index is 0.0707. The van der Waals surface area contributed by atoms with Gasteiger partial charge < -0.3 is 0 Å². The van der Waals surface area contributed by atoms with E-state index in [4.69, 9.17) is 0 Å². The summed E-state index contributed by atoms with van der Waals surface area (Å²) in [6.45, 7) is 14.1. The molecular weight excluding hydrogens is 312 g/mol. The predicted molar refractivity (Wildman–Crippen MR) is 116 cm³/mol. The van der Waals surface area contributed by atoms with Gasteiger partial charge in [-0.1, -0.05) is 103 Å². The first-order valence-electron chi connectivity index (χ1n) is 10.5. The molecule has 0 aliphatic rings. The topological polar surface area (TPSA) is 0 Å². The van der Waals surface area contributed by atoms with E-state index < -0.39 is 0 Å². The molecule has 0 heteroatoms. The van der Waals surface area contributed by atoms with Crippen LogP contribution in [0.25, 0.3) is 0 Å². The molecule has 0 saturated heterocycles. The standard InChI is InChI=1S/C26H38/c1-7-9-11-21-13-17-23(18-14-21)25(3,4)26(5,6)24-19-15-22(16-20-24)12-10-8-2/h13-20H,7-12H2,1-6H3. The molecule has 2 aromatic carbocycles. The Balaban J connectivity index is 2.22. The van der Waals surface area contributed by atoms with Crippen LogP contribution < -0.4 is 0 Å². The molecule has 0 amide bonds. The Morgan fingerprint density at radius 2 is 0.846 bits per heavy atom. The Labute approximate surface area is 162 Å². The minimum atomic E-state index is 0.0707. The molecule has 0 aliphatic carbocycles. The van der Waals surface area contributed by atoms with Crippen LogP contribution in [0.15, 0.2) is 48.5 Å². The lowest BCUT2D eigenvalue weighted by Gasteiger charge is -2.43. The second-order valence-corrected chi connectivity index (χ2v) is 8.85. The number of hydrogen-bond donors (Lipinski definition) is 0. The van der Waals surface area contributed by atoms with Gasteiger partial charge in [-0.2, -0.15) is 0 Å². The van der Waals surface area contributed by atoms with Crippen LogP contribution in [0.2, 0.25) is 0 Å². The van der Waals surface area contributed by atoms with Gasteiger partial charge in [0.25, 0.3) is 0 Å². The second-order valence-electron chi connectivity index (χ2n) is 8.85. The summed E-state index contributed by atoms with van der Waals surface area (Å²) in [5.41, 5.74) is 5.92. The first-order chi connectivity index (χ1) is 12.3. The Bertz CT molecular complexity index is 595. The smallest absolute Gasteiger partial charge is 0.00120 e. The van der Waals surface area contributed by atoms with Crippen molar-refractivity contribution in [1.82, 2.24) is 0 Å². The van der Waals surface area contributed by atoms with Gasteiger partial charge in [-0.25, -0.2) is 0 Å². The van der Waals surface area contributed by atoms with Crippen LogP contribution >= 0.6 is 0 Å². The monoisotopic (exact) mass is 350 g/mol. The minimum Gasteiger partial charge on any atom is -0.0654 e. The number of hydrogen-bond acceptors (Lipinski definition) is 0. The molecule has 0 unspecified atom stereocenters. The fourth-order valence-electron chi connectivity index (χ4n) is 3.66. The highest BCUT2D eigenvalue weighted by molar-refractivity contribution is 5.38. The Hall–Kier alpha value is -1.56. The van der Waals surface area contributed by atoms with Gasteiger partial charge in [0.2, 0.25) is 0 Å². The van der Waals surface area contributed by atoms with E-state index in [1.165, 1.54) is 60.8 Å². The second kappa shape index (κ2) is 8.89. The molecule has 142 valence electrons. The SMILES string of the molecule is CCCCc1ccc(C(C)(C)C(C)(C)c2ccc(CCCC)cc2)cc1. The average Bonchev–Trinajstić information content (AvgIpc) is 2.65. The summed E-state index contributed by atoms with van der Waals surface area (Å²) in [5.74, 6) is 0. The lowest BCUT2D eigenvalue weighted by atomic mass is 9.61. The van der Waals surface area contributed by atoms with Crippen molar-refractivity contribution in [3.05, 3.63) is 70.8 Å². The third-order valence-corrected chi connectivity index (χ3v) is 6.55. The molecule has 0 N–H and O–H groups in total. The first-order valence-corrected chi connectivity index (χ1v) is 10.5. The van der Waals surface area contributed by atoms with E-state index >= 15 is 0 Å². The number of benzene rings is 2. The largest absolute Gasteiger partial charge is 0.0654 e. The number of rotatable bonds is 9. The van der Waals surface area contributed by atoms with Crippen molar-refractivity contribution < 1.29 is 0 Å². The highest BCUT2D eigenvalue weighted by atomic mass is 14.4. The molecule has 2 aromatic rings. The maximum Gasteiger partial charge on any atom is -0.00120 e. The van der Waals surface area contributed by atoms with Crippen LogP contribution in [0.4, 0.5) is 0 Å². The third kappa shape index (κ3) is 4.58. The van der Waals surface area contributed by atoms with Gasteiger partial charge in [0.05, 0.1) is 0 Å². The van der Waals surface area contributed by atoms with Gasteiger partial charge in [-0.15, -0.1) is 0 Å². The molecule has 0 aromatic heterocycles. The van der Waals surface area contributed by atoms with Gasteiger partial charge in [-0.05, 0) is 58.8 Å². The molecule has 26 heavy (non-hydrogen) atoms. The summed E-state index contributed by atoms with van der Waals surface area (Å²) in [4.78, 5) is 0. The maximum absolute atomic E-state index is 2.39. The molecule has 0 heterocycles. The van der Waals surface area contributed by atoms with Crippen LogP contribution in [0.1, 0.15) is 89.5 Å². The summed E-state index contributed by atoms with van der Waals surface area (Å²) >= 11 is 0. The average molecular weight is 351 g/mol. The summed E-state index contributed by atoms with van der Waals surface area (Å²) < 4.78 is 0. The zero-order valence-electron chi connectivity index (χ0n) is 17.9. The van der Waals surface area contributed by atoms with Crippen LogP contribution in [0.3, 0.4) is 0 Å². The van der Waals surface area contributed by atoms with Crippen molar-refractivity contribution in [3.63, 3.8) is 0 Å². The molecule has 0 fully saturated rings. The number of aryl methyl sites for hydroxylation is 2. The van der Waals surface area contributed by atoms with E-state index in [0.717, 1.165) is 0 Å². The zero-order valence-corrected chi connectivity index (χ0v) is 17.9. The van der Waals surface area contributed by atoms with E-state index in [2.05, 4.69) is 90.1 Å². The molecule has 2 rings (SSSR count). The van der Waals surface area contributed by atoms with E-state index in [1.54, 1.807) is 0 Å². The lowest BCUT2D eigenvalue weighted by Crippen LogP contribution is -2.40.